The molecule has 7 heteroatoms. The number of aromatic nitrogens is 2. The van der Waals surface area contributed by atoms with Gasteiger partial charge < -0.3 is 4.42 Å². The predicted octanol–water partition coefficient (Wildman–Crippen LogP) is 4.86. The third-order valence-electron chi connectivity index (χ3n) is 3.49. The Labute approximate surface area is 152 Å². The second-order valence-corrected chi connectivity index (χ2v) is 8.09. The molecule has 3 rings (SSSR count). The van der Waals surface area contributed by atoms with Gasteiger partial charge in [0.15, 0.2) is 0 Å². The van der Waals surface area contributed by atoms with Crippen molar-refractivity contribution in [2.45, 2.75) is 26.2 Å². The van der Waals surface area contributed by atoms with E-state index in [0.717, 1.165) is 9.35 Å². The number of nitrogens with one attached hydrogen (secondary N) is 1. The van der Waals surface area contributed by atoms with Crippen molar-refractivity contribution >= 4 is 39.2 Å². The summed E-state index contributed by atoms with van der Waals surface area (Å²) in [7, 11) is 0. The van der Waals surface area contributed by atoms with E-state index in [4.69, 9.17) is 4.42 Å². The van der Waals surface area contributed by atoms with Gasteiger partial charge in [0.05, 0.1) is 15.1 Å². The first-order valence-corrected chi connectivity index (χ1v) is 9.10. The molecule has 24 heavy (non-hydrogen) atoms. The standard InChI is InChI=1S/C17H16BrN3O2S/c1-10(2)12-5-3-11(4-6-12)9-15-20-21-17(23-15)19-16(22)13-7-8-14(18)24-13/h3-8,10H,9H2,1-2H3,(H,19,21,22). The molecule has 0 bridgehead atoms. The summed E-state index contributed by atoms with van der Waals surface area (Å²) in [6.45, 7) is 4.32. The summed E-state index contributed by atoms with van der Waals surface area (Å²) in [6.07, 6.45) is 0.534. The Balaban J connectivity index is 1.64. The molecule has 2 heterocycles. The molecular weight excluding hydrogens is 390 g/mol. The highest BCUT2D eigenvalue weighted by atomic mass is 79.9. The normalized spacial score (nSPS) is 11.0. The van der Waals surface area contributed by atoms with Crippen LogP contribution in [0.1, 0.15) is 46.5 Å². The van der Waals surface area contributed by atoms with Crippen molar-refractivity contribution in [2.24, 2.45) is 0 Å². The largest absolute Gasteiger partial charge is 0.407 e. The molecule has 0 aliphatic rings. The van der Waals surface area contributed by atoms with Gasteiger partial charge in [-0.05, 0) is 45.1 Å². The quantitative estimate of drug-likeness (QED) is 0.657. The highest BCUT2D eigenvalue weighted by Crippen LogP contribution is 2.23. The van der Waals surface area contributed by atoms with E-state index >= 15 is 0 Å². The van der Waals surface area contributed by atoms with Crippen LogP contribution in [0.5, 0.6) is 0 Å². The summed E-state index contributed by atoms with van der Waals surface area (Å²) in [4.78, 5) is 12.6. The Hall–Kier alpha value is -1.99. The van der Waals surface area contributed by atoms with Crippen LogP contribution >= 0.6 is 27.3 Å². The average Bonchev–Trinajstić information content (AvgIpc) is 3.17. The maximum atomic E-state index is 12.0. The van der Waals surface area contributed by atoms with E-state index in [1.807, 2.05) is 6.07 Å². The Morgan fingerprint density at radius 1 is 1.21 bits per heavy atom. The maximum absolute atomic E-state index is 12.0. The fourth-order valence-corrected chi connectivity index (χ4v) is 3.45. The summed E-state index contributed by atoms with van der Waals surface area (Å²) in [5.41, 5.74) is 2.38. The highest BCUT2D eigenvalue weighted by molar-refractivity contribution is 9.11. The number of nitrogens with zero attached hydrogens (tertiary/aromatic N) is 2. The summed E-state index contributed by atoms with van der Waals surface area (Å²) < 4.78 is 6.40. The fourth-order valence-electron chi connectivity index (χ4n) is 2.17. The number of hydrogen-bond acceptors (Lipinski definition) is 5. The molecular formula is C17H16BrN3O2S. The molecule has 1 amide bonds. The van der Waals surface area contributed by atoms with Gasteiger partial charge in [-0.2, -0.15) is 0 Å². The molecule has 0 saturated carbocycles. The lowest BCUT2D eigenvalue weighted by molar-refractivity contribution is 0.102. The summed E-state index contributed by atoms with van der Waals surface area (Å²) >= 11 is 4.67. The number of amides is 1. The molecule has 0 atom stereocenters. The third-order valence-corrected chi connectivity index (χ3v) is 5.11. The summed E-state index contributed by atoms with van der Waals surface area (Å²) in [5.74, 6) is 0.707. The lowest BCUT2D eigenvalue weighted by Crippen LogP contribution is -2.10. The van der Waals surface area contributed by atoms with Crippen LogP contribution in [0.15, 0.2) is 44.6 Å². The second kappa shape index (κ2) is 7.27. The summed E-state index contributed by atoms with van der Waals surface area (Å²) in [5, 5.41) is 10.5. The minimum atomic E-state index is -0.262. The minimum Gasteiger partial charge on any atom is -0.407 e. The summed E-state index contributed by atoms with van der Waals surface area (Å²) in [6, 6.07) is 12.0. The van der Waals surface area contributed by atoms with Crippen LogP contribution < -0.4 is 5.32 Å². The average molecular weight is 406 g/mol. The first-order chi connectivity index (χ1) is 11.5. The van der Waals surface area contributed by atoms with Crippen LogP contribution in [0.25, 0.3) is 0 Å². The minimum absolute atomic E-state index is 0.110. The lowest BCUT2D eigenvalue weighted by atomic mass is 10.0. The molecule has 0 aliphatic heterocycles. The number of hydrogen-bond donors (Lipinski definition) is 1. The number of rotatable bonds is 5. The molecule has 5 nitrogen and oxygen atoms in total. The maximum Gasteiger partial charge on any atom is 0.322 e. The fraction of sp³-hybridized carbons (Fsp3) is 0.235. The second-order valence-electron chi connectivity index (χ2n) is 5.63. The number of halogens is 1. The molecule has 124 valence electrons. The van der Waals surface area contributed by atoms with Crippen LogP contribution in [0.4, 0.5) is 6.01 Å². The van der Waals surface area contributed by atoms with E-state index in [0.29, 0.717) is 23.1 Å². The molecule has 0 aliphatic carbocycles. The van der Waals surface area contributed by atoms with Gasteiger partial charge >= 0.3 is 6.01 Å². The lowest BCUT2D eigenvalue weighted by Gasteiger charge is -2.05. The molecule has 0 spiro atoms. The van der Waals surface area contributed by atoms with Crippen molar-refractivity contribution in [2.75, 3.05) is 5.32 Å². The zero-order valence-electron chi connectivity index (χ0n) is 13.2. The zero-order valence-corrected chi connectivity index (χ0v) is 15.6. The SMILES string of the molecule is CC(C)c1ccc(Cc2nnc(NC(=O)c3ccc(Br)s3)o2)cc1. The van der Waals surface area contributed by atoms with Crippen LogP contribution in [0.3, 0.4) is 0 Å². The predicted molar refractivity (Wildman–Crippen MR) is 97.6 cm³/mol. The Kier molecular flexibility index (Phi) is 5.11. The van der Waals surface area contributed by atoms with Crippen LogP contribution in [0.2, 0.25) is 0 Å². The van der Waals surface area contributed by atoms with Gasteiger partial charge in [0.2, 0.25) is 5.89 Å². The molecule has 3 aromatic rings. The monoisotopic (exact) mass is 405 g/mol. The Bertz CT molecular complexity index is 840. The molecule has 0 saturated heterocycles. The van der Waals surface area contributed by atoms with Crippen LogP contribution in [-0.4, -0.2) is 16.1 Å². The van der Waals surface area contributed by atoms with Crippen molar-refractivity contribution in [3.63, 3.8) is 0 Å². The highest BCUT2D eigenvalue weighted by Gasteiger charge is 2.13. The van der Waals surface area contributed by atoms with Crippen molar-refractivity contribution in [1.29, 1.82) is 0 Å². The van der Waals surface area contributed by atoms with Gasteiger partial charge in [0.25, 0.3) is 5.91 Å². The van der Waals surface area contributed by atoms with Crippen LogP contribution in [0, 0.1) is 0 Å². The van der Waals surface area contributed by atoms with Gasteiger partial charge in [-0.15, -0.1) is 16.4 Å². The van der Waals surface area contributed by atoms with E-state index < -0.39 is 0 Å². The topological polar surface area (TPSA) is 68.0 Å². The van der Waals surface area contributed by atoms with Gasteiger partial charge in [-0.1, -0.05) is 43.2 Å². The van der Waals surface area contributed by atoms with Crippen molar-refractivity contribution in [1.82, 2.24) is 10.2 Å². The van der Waals surface area contributed by atoms with E-state index in [1.54, 1.807) is 6.07 Å². The molecule has 1 aromatic carbocycles. The molecule has 2 aromatic heterocycles. The van der Waals surface area contributed by atoms with E-state index in [9.17, 15) is 4.79 Å². The number of carbonyl (C=O) groups is 1. The number of thiophene rings is 1. The number of benzene rings is 1. The zero-order chi connectivity index (χ0) is 17.1. The van der Waals surface area contributed by atoms with Crippen LogP contribution in [-0.2, 0) is 6.42 Å². The smallest absolute Gasteiger partial charge is 0.322 e. The third kappa shape index (κ3) is 4.10. The Morgan fingerprint density at radius 2 is 1.96 bits per heavy atom. The molecule has 0 radical (unpaired) electrons. The van der Waals surface area contributed by atoms with E-state index in [-0.39, 0.29) is 11.9 Å². The van der Waals surface area contributed by atoms with Gasteiger partial charge in [-0.25, -0.2) is 0 Å². The molecule has 0 unspecified atom stereocenters. The van der Waals surface area contributed by atoms with E-state index in [1.165, 1.54) is 16.9 Å². The first-order valence-electron chi connectivity index (χ1n) is 7.49. The van der Waals surface area contributed by atoms with Gasteiger partial charge in [0.1, 0.15) is 0 Å². The molecule has 0 fully saturated rings. The van der Waals surface area contributed by atoms with Crippen molar-refractivity contribution < 1.29 is 9.21 Å². The first kappa shape index (κ1) is 16.9. The Morgan fingerprint density at radius 3 is 2.58 bits per heavy atom. The van der Waals surface area contributed by atoms with Gasteiger partial charge in [0, 0.05) is 0 Å². The van der Waals surface area contributed by atoms with Gasteiger partial charge in [-0.3, -0.25) is 10.1 Å². The number of anilines is 1. The number of carbonyl (C=O) groups excluding carboxylic acids is 1. The van der Waals surface area contributed by atoms with Crippen molar-refractivity contribution in [3.8, 4) is 0 Å². The van der Waals surface area contributed by atoms with E-state index in [2.05, 4.69) is 69.6 Å². The molecule has 1 N–H and O–H groups in total. The van der Waals surface area contributed by atoms with Crippen molar-refractivity contribution in [3.05, 3.63) is 62.1 Å².